The van der Waals surface area contributed by atoms with Crippen molar-refractivity contribution in [3.63, 3.8) is 0 Å². The van der Waals surface area contributed by atoms with Crippen molar-refractivity contribution in [2.45, 2.75) is 0 Å². The molecular weight excluding hydrogens is 342 g/mol. The largest absolute Gasteiger partial charge is 0.337 e. The van der Waals surface area contributed by atoms with E-state index < -0.39 is 0 Å². The Labute approximate surface area is 147 Å². The lowest BCUT2D eigenvalue weighted by atomic mass is 10.2. The summed E-state index contributed by atoms with van der Waals surface area (Å²) in [5.74, 6) is 0.633. The molecule has 0 bridgehead atoms. The van der Waals surface area contributed by atoms with E-state index in [0.29, 0.717) is 16.3 Å². The lowest BCUT2D eigenvalue weighted by Crippen LogP contribution is -2.11. The number of hydrogen-bond acceptors (Lipinski definition) is 3. The highest BCUT2D eigenvalue weighted by atomic mass is 35.5. The number of benzene rings is 2. The molecule has 2 aromatic heterocycles. The molecule has 0 saturated carbocycles. The van der Waals surface area contributed by atoms with Crippen LogP contribution in [0.2, 0.25) is 5.02 Å². The van der Waals surface area contributed by atoms with Gasteiger partial charge in [0.05, 0.1) is 15.9 Å². The van der Waals surface area contributed by atoms with Crippen LogP contribution in [0.15, 0.2) is 60.0 Å². The molecule has 2 aromatic carbocycles. The van der Waals surface area contributed by atoms with E-state index in [9.17, 15) is 4.79 Å². The molecule has 0 aliphatic heterocycles. The van der Waals surface area contributed by atoms with Crippen LogP contribution < -0.4 is 5.32 Å². The summed E-state index contributed by atoms with van der Waals surface area (Å²) in [6.07, 6.45) is 0. The van der Waals surface area contributed by atoms with Crippen LogP contribution in [0.1, 0.15) is 10.4 Å². The number of halogens is 1. The first-order valence-electron chi connectivity index (χ1n) is 7.29. The Balaban J connectivity index is 1.62. The maximum Gasteiger partial charge on any atom is 0.255 e. The monoisotopic (exact) mass is 353 g/mol. The number of nitrogens with zero attached hydrogens (tertiary/aromatic N) is 1. The predicted molar refractivity (Wildman–Crippen MR) is 98.8 cm³/mol. The first kappa shape index (κ1) is 14.9. The number of fused-ring (bicyclic) bond motifs is 1. The molecule has 1 amide bonds. The predicted octanol–water partition coefficient (Wildman–Crippen LogP) is 5.20. The van der Waals surface area contributed by atoms with Crippen LogP contribution in [0.25, 0.3) is 21.7 Å². The second-order valence-corrected chi connectivity index (χ2v) is 6.64. The first-order valence-corrected chi connectivity index (χ1v) is 8.55. The number of H-pyrrole nitrogens is 1. The molecule has 2 heterocycles. The van der Waals surface area contributed by atoms with Gasteiger partial charge in [0.1, 0.15) is 5.82 Å². The standard InChI is InChI=1S/C18H12ClN3OS/c19-12-4-1-3-11(9-12)18(23)20-13-6-7-14-15(10-13)22-17(21-14)16-5-2-8-24-16/h1-10H,(H,20,23)(H,21,22). The molecule has 4 nitrogen and oxygen atoms in total. The fourth-order valence-electron chi connectivity index (χ4n) is 2.45. The molecule has 0 saturated heterocycles. The summed E-state index contributed by atoms with van der Waals surface area (Å²) in [7, 11) is 0. The number of rotatable bonds is 3. The average molecular weight is 354 g/mol. The van der Waals surface area contributed by atoms with E-state index in [-0.39, 0.29) is 5.91 Å². The lowest BCUT2D eigenvalue weighted by molar-refractivity contribution is 0.102. The fraction of sp³-hybridized carbons (Fsp3) is 0. The van der Waals surface area contributed by atoms with Crippen molar-refractivity contribution in [1.29, 1.82) is 0 Å². The highest BCUT2D eigenvalue weighted by Gasteiger charge is 2.09. The number of aromatic nitrogens is 2. The maximum atomic E-state index is 12.3. The topological polar surface area (TPSA) is 57.8 Å². The van der Waals surface area contributed by atoms with Crippen LogP contribution in [0, 0.1) is 0 Å². The van der Waals surface area contributed by atoms with Crippen molar-refractivity contribution >= 4 is 45.6 Å². The molecule has 4 rings (SSSR count). The van der Waals surface area contributed by atoms with Crippen molar-refractivity contribution in [3.8, 4) is 10.7 Å². The molecule has 0 aliphatic carbocycles. The van der Waals surface area contributed by atoms with Crippen molar-refractivity contribution in [3.05, 3.63) is 70.6 Å². The van der Waals surface area contributed by atoms with Gasteiger partial charge in [-0.1, -0.05) is 23.7 Å². The lowest BCUT2D eigenvalue weighted by Gasteiger charge is -2.05. The number of aromatic amines is 1. The number of carbonyl (C=O) groups is 1. The minimum Gasteiger partial charge on any atom is -0.337 e. The normalized spacial score (nSPS) is 10.9. The Hall–Kier alpha value is -2.63. The number of thiophene rings is 1. The molecule has 24 heavy (non-hydrogen) atoms. The van der Waals surface area contributed by atoms with Crippen LogP contribution in [0.5, 0.6) is 0 Å². The van der Waals surface area contributed by atoms with Crippen LogP contribution in [0.4, 0.5) is 5.69 Å². The molecule has 2 N–H and O–H groups in total. The Morgan fingerprint density at radius 2 is 2.04 bits per heavy atom. The summed E-state index contributed by atoms with van der Waals surface area (Å²) < 4.78 is 0. The van der Waals surface area contributed by atoms with Gasteiger partial charge in [-0.05, 0) is 47.8 Å². The van der Waals surface area contributed by atoms with Gasteiger partial charge in [-0.2, -0.15) is 0 Å². The quantitative estimate of drug-likeness (QED) is 0.532. The zero-order valence-electron chi connectivity index (χ0n) is 12.4. The van der Waals surface area contributed by atoms with Crippen LogP contribution in [0.3, 0.4) is 0 Å². The Kier molecular flexibility index (Phi) is 3.80. The summed E-state index contributed by atoms with van der Waals surface area (Å²) in [6, 6.07) is 16.5. The van der Waals surface area contributed by atoms with Gasteiger partial charge in [-0.15, -0.1) is 11.3 Å². The molecule has 0 unspecified atom stereocenters. The van der Waals surface area contributed by atoms with Gasteiger partial charge in [-0.25, -0.2) is 4.98 Å². The zero-order valence-corrected chi connectivity index (χ0v) is 14.0. The zero-order chi connectivity index (χ0) is 16.5. The number of anilines is 1. The maximum absolute atomic E-state index is 12.3. The summed E-state index contributed by atoms with van der Waals surface area (Å²) in [5.41, 5.74) is 2.96. The van der Waals surface area contributed by atoms with Crippen LogP contribution in [-0.4, -0.2) is 15.9 Å². The Bertz CT molecular complexity index is 1020. The number of imidazole rings is 1. The minimum absolute atomic E-state index is 0.199. The molecule has 6 heteroatoms. The van der Waals surface area contributed by atoms with E-state index in [2.05, 4.69) is 15.3 Å². The van der Waals surface area contributed by atoms with E-state index >= 15 is 0 Å². The SMILES string of the molecule is O=C(Nc1ccc2nc(-c3cccs3)[nH]c2c1)c1cccc(Cl)c1. The van der Waals surface area contributed by atoms with Crippen molar-refractivity contribution in [2.75, 3.05) is 5.32 Å². The smallest absolute Gasteiger partial charge is 0.255 e. The molecule has 118 valence electrons. The summed E-state index contributed by atoms with van der Waals surface area (Å²) in [6.45, 7) is 0. The fourth-order valence-corrected chi connectivity index (χ4v) is 3.31. The van der Waals surface area contributed by atoms with Crippen molar-refractivity contribution < 1.29 is 4.79 Å². The van der Waals surface area contributed by atoms with Gasteiger partial charge in [0.2, 0.25) is 0 Å². The second kappa shape index (κ2) is 6.11. The molecule has 0 radical (unpaired) electrons. The molecular formula is C18H12ClN3OS. The van der Waals surface area contributed by atoms with Gasteiger partial charge in [-0.3, -0.25) is 4.79 Å². The number of hydrogen-bond donors (Lipinski definition) is 2. The third-order valence-electron chi connectivity index (χ3n) is 3.58. The molecule has 0 atom stereocenters. The Morgan fingerprint density at radius 3 is 2.83 bits per heavy atom. The molecule has 0 spiro atoms. The van der Waals surface area contributed by atoms with Gasteiger partial charge < -0.3 is 10.3 Å². The van der Waals surface area contributed by atoms with E-state index in [1.807, 2.05) is 35.7 Å². The second-order valence-electron chi connectivity index (χ2n) is 5.26. The Morgan fingerprint density at radius 1 is 1.12 bits per heavy atom. The number of nitrogens with one attached hydrogen (secondary N) is 2. The van der Waals surface area contributed by atoms with Gasteiger partial charge in [0.15, 0.2) is 0 Å². The van der Waals surface area contributed by atoms with Crippen LogP contribution in [-0.2, 0) is 0 Å². The molecule has 0 aliphatic rings. The third kappa shape index (κ3) is 2.91. The van der Waals surface area contributed by atoms with Gasteiger partial charge in [0, 0.05) is 16.3 Å². The highest BCUT2D eigenvalue weighted by molar-refractivity contribution is 7.13. The minimum atomic E-state index is -0.199. The first-order chi connectivity index (χ1) is 11.7. The summed E-state index contributed by atoms with van der Waals surface area (Å²) >= 11 is 7.56. The van der Waals surface area contributed by atoms with E-state index in [4.69, 9.17) is 11.6 Å². The van der Waals surface area contributed by atoms with Crippen LogP contribution >= 0.6 is 22.9 Å². The van der Waals surface area contributed by atoms with Gasteiger partial charge >= 0.3 is 0 Å². The van der Waals surface area contributed by atoms with Crippen molar-refractivity contribution in [2.24, 2.45) is 0 Å². The average Bonchev–Trinajstić information content (AvgIpc) is 3.23. The van der Waals surface area contributed by atoms with E-state index in [0.717, 1.165) is 21.7 Å². The number of amides is 1. The summed E-state index contributed by atoms with van der Waals surface area (Å²) in [4.78, 5) is 21.2. The molecule has 4 aromatic rings. The third-order valence-corrected chi connectivity index (χ3v) is 4.69. The van der Waals surface area contributed by atoms with Gasteiger partial charge in [0.25, 0.3) is 5.91 Å². The van der Waals surface area contributed by atoms with E-state index in [1.165, 1.54) is 0 Å². The van der Waals surface area contributed by atoms with E-state index in [1.54, 1.807) is 35.6 Å². The van der Waals surface area contributed by atoms with Crippen molar-refractivity contribution in [1.82, 2.24) is 9.97 Å². The molecule has 0 fully saturated rings. The highest BCUT2D eigenvalue weighted by Crippen LogP contribution is 2.26. The number of carbonyl (C=O) groups excluding carboxylic acids is 1. The summed E-state index contributed by atoms with van der Waals surface area (Å²) in [5, 5.41) is 5.43.